The molecule has 0 aromatic heterocycles. The lowest BCUT2D eigenvalue weighted by molar-refractivity contribution is -0.139. The topological polar surface area (TPSA) is 55.6 Å². The molecule has 0 unspecified atom stereocenters. The normalized spacial score (nSPS) is 34.1. The van der Waals surface area contributed by atoms with Crippen LogP contribution < -0.4 is 5.73 Å². The summed E-state index contributed by atoms with van der Waals surface area (Å²) in [5.41, 5.74) is 5.73. The predicted octanol–water partition coefficient (Wildman–Crippen LogP) is -0.275. The van der Waals surface area contributed by atoms with Crippen LogP contribution in [0.1, 0.15) is 19.3 Å². The Balaban J connectivity index is 1.89. The summed E-state index contributed by atoms with van der Waals surface area (Å²) in [6, 6.07) is 0.172. The summed E-state index contributed by atoms with van der Waals surface area (Å²) in [6.07, 6.45) is 2.64. The molecule has 0 aliphatic carbocycles. The van der Waals surface area contributed by atoms with E-state index >= 15 is 0 Å². The second kappa shape index (κ2) is 3.64. The molecule has 0 saturated carbocycles. The second-order valence-corrected chi connectivity index (χ2v) is 3.83. The molecule has 2 rings (SSSR count). The molecular weight excluding hydrogens is 168 g/mol. The van der Waals surface area contributed by atoms with Crippen LogP contribution in [0.25, 0.3) is 0 Å². The van der Waals surface area contributed by atoms with Crippen LogP contribution in [0.5, 0.6) is 0 Å². The molecule has 2 aliphatic rings. The molecule has 2 heterocycles. The summed E-state index contributed by atoms with van der Waals surface area (Å²) in [5.74, 6) is 0.144. The van der Waals surface area contributed by atoms with Gasteiger partial charge in [-0.1, -0.05) is 0 Å². The van der Waals surface area contributed by atoms with Gasteiger partial charge in [0.2, 0.25) is 0 Å². The standard InChI is InChI=1S/C9H16N2O2/c10-7-3-4-11(6-7)9(12)8-2-1-5-13-8/h7-8H,1-6,10H2/t7-,8-/m0/s1. The van der Waals surface area contributed by atoms with Crippen LogP contribution in [-0.2, 0) is 9.53 Å². The van der Waals surface area contributed by atoms with Crippen molar-refractivity contribution in [1.82, 2.24) is 4.90 Å². The highest BCUT2D eigenvalue weighted by atomic mass is 16.5. The SMILES string of the molecule is N[C@H]1CCN(C(=O)[C@@H]2CCCO2)C1. The van der Waals surface area contributed by atoms with Crippen molar-refractivity contribution < 1.29 is 9.53 Å². The van der Waals surface area contributed by atoms with E-state index in [1.807, 2.05) is 4.90 Å². The van der Waals surface area contributed by atoms with Crippen molar-refractivity contribution in [2.24, 2.45) is 5.73 Å². The van der Waals surface area contributed by atoms with Gasteiger partial charge in [-0.25, -0.2) is 0 Å². The zero-order chi connectivity index (χ0) is 9.26. The number of carbonyl (C=O) groups excluding carboxylic acids is 1. The molecule has 2 N–H and O–H groups in total. The van der Waals surface area contributed by atoms with E-state index in [1.165, 1.54) is 0 Å². The van der Waals surface area contributed by atoms with Gasteiger partial charge in [0.15, 0.2) is 0 Å². The first-order valence-corrected chi connectivity index (χ1v) is 4.93. The smallest absolute Gasteiger partial charge is 0.251 e. The lowest BCUT2D eigenvalue weighted by atomic mass is 10.2. The minimum Gasteiger partial charge on any atom is -0.368 e. The third kappa shape index (κ3) is 1.84. The van der Waals surface area contributed by atoms with Gasteiger partial charge in [-0.2, -0.15) is 0 Å². The molecule has 0 aromatic rings. The number of nitrogens with zero attached hydrogens (tertiary/aromatic N) is 1. The fourth-order valence-corrected chi connectivity index (χ4v) is 1.96. The maximum atomic E-state index is 11.7. The number of rotatable bonds is 1. The summed E-state index contributed by atoms with van der Waals surface area (Å²) < 4.78 is 5.33. The maximum absolute atomic E-state index is 11.7. The van der Waals surface area contributed by atoms with Crippen LogP contribution in [0.3, 0.4) is 0 Å². The number of amides is 1. The highest BCUT2D eigenvalue weighted by Gasteiger charge is 2.31. The highest BCUT2D eigenvalue weighted by molar-refractivity contribution is 5.81. The predicted molar refractivity (Wildman–Crippen MR) is 48.1 cm³/mol. The van der Waals surface area contributed by atoms with E-state index in [0.29, 0.717) is 6.54 Å². The Kier molecular flexibility index (Phi) is 2.51. The molecule has 2 fully saturated rings. The summed E-state index contributed by atoms with van der Waals surface area (Å²) in [7, 11) is 0. The Morgan fingerprint density at radius 2 is 2.31 bits per heavy atom. The Hall–Kier alpha value is -0.610. The molecule has 13 heavy (non-hydrogen) atoms. The van der Waals surface area contributed by atoms with Crippen LogP contribution >= 0.6 is 0 Å². The average Bonchev–Trinajstić information content (AvgIpc) is 2.72. The molecular formula is C9H16N2O2. The van der Waals surface area contributed by atoms with Gasteiger partial charge in [-0.05, 0) is 19.3 Å². The summed E-state index contributed by atoms with van der Waals surface area (Å²) in [5, 5.41) is 0. The number of carbonyl (C=O) groups is 1. The van der Waals surface area contributed by atoms with Gasteiger partial charge >= 0.3 is 0 Å². The molecule has 0 bridgehead atoms. The molecule has 2 saturated heterocycles. The first kappa shape index (κ1) is 8.97. The first-order chi connectivity index (χ1) is 6.27. The van der Waals surface area contributed by atoms with Crippen molar-refractivity contribution in [3.8, 4) is 0 Å². The van der Waals surface area contributed by atoms with Crippen LogP contribution in [0.15, 0.2) is 0 Å². The van der Waals surface area contributed by atoms with Gasteiger partial charge in [0.25, 0.3) is 5.91 Å². The van der Waals surface area contributed by atoms with Gasteiger partial charge in [0, 0.05) is 25.7 Å². The minimum atomic E-state index is -0.176. The molecule has 2 atom stereocenters. The fraction of sp³-hybridized carbons (Fsp3) is 0.889. The van der Waals surface area contributed by atoms with Crippen molar-refractivity contribution in [3.63, 3.8) is 0 Å². The minimum absolute atomic E-state index is 0.144. The van der Waals surface area contributed by atoms with E-state index in [-0.39, 0.29) is 18.1 Å². The number of hydrogen-bond acceptors (Lipinski definition) is 3. The van der Waals surface area contributed by atoms with Crippen molar-refractivity contribution >= 4 is 5.91 Å². The van der Waals surface area contributed by atoms with Crippen molar-refractivity contribution in [2.45, 2.75) is 31.4 Å². The molecule has 4 heteroatoms. The number of nitrogens with two attached hydrogens (primary N) is 1. The van der Waals surface area contributed by atoms with E-state index < -0.39 is 0 Å². The summed E-state index contributed by atoms with van der Waals surface area (Å²) in [4.78, 5) is 13.6. The van der Waals surface area contributed by atoms with E-state index in [4.69, 9.17) is 10.5 Å². The van der Waals surface area contributed by atoms with Gasteiger partial charge in [-0.15, -0.1) is 0 Å². The largest absolute Gasteiger partial charge is 0.368 e. The zero-order valence-corrected chi connectivity index (χ0v) is 7.74. The molecule has 1 amide bonds. The Morgan fingerprint density at radius 3 is 2.85 bits per heavy atom. The Bertz CT molecular complexity index is 202. The summed E-state index contributed by atoms with van der Waals surface area (Å²) in [6.45, 7) is 2.24. The van der Waals surface area contributed by atoms with Crippen molar-refractivity contribution in [2.75, 3.05) is 19.7 Å². The molecule has 0 spiro atoms. The Morgan fingerprint density at radius 1 is 1.46 bits per heavy atom. The monoisotopic (exact) mass is 184 g/mol. The van der Waals surface area contributed by atoms with Crippen LogP contribution in [0, 0.1) is 0 Å². The van der Waals surface area contributed by atoms with Crippen molar-refractivity contribution in [1.29, 1.82) is 0 Å². The Labute approximate surface area is 78.0 Å². The highest BCUT2D eigenvalue weighted by Crippen LogP contribution is 2.17. The van der Waals surface area contributed by atoms with Gasteiger partial charge in [-0.3, -0.25) is 4.79 Å². The van der Waals surface area contributed by atoms with Crippen LogP contribution in [0.4, 0.5) is 0 Å². The fourth-order valence-electron chi connectivity index (χ4n) is 1.96. The summed E-state index contributed by atoms with van der Waals surface area (Å²) >= 11 is 0. The molecule has 0 aromatic carbocycles. The van der Waals surface area contributed by atoms with Crippen LogP contribution in [-0.4, -0.2) is 42.6 Å². The number of ether oxygens (including phenoxy) is 1. The zero-order valence-electron chi connectivity index (χ0n) is 7.74. The van der Waals surface area contributed by atoms with E-state index in [1.54, 1.807) is 0 Å². The average molecular weight is 184 g/mol. The third-order valence-corrected chi connectivity index (χ3v) is 2.74. The molecule has 2 aliphatic heterocycles. The van der Waals surface area contributed by atoms with Gasteiger partial charge in [0.1, 0.15) is 6.10 Å². The third-order valence-electron chi connectivity index (χ3n) is 2.74. The second-order valence-electron chi connectivity index (χ2n) is 3.83. The molecule has 4 nitrogen and oxygen atoms in total. The van der Waals surface area contributed by atoms with Gasteiger partial charge < -0.3 is 15.4 Å². The number of hydrogen-bond donors (Lipinski definition) is 1. The molecule has 74 valence electrons. The van der Waals surface area contributed by atoms with Crippen molar-refractivity contribution in [3.05, 3.63) is 0 Å². The maximum Gasteiger partial charge on any atom is 0.251 e. The van der Waals surface area contributed by atoms with E-state index in [2.05, 4.69) is 0 Å². The van der Waals surface area contributed by atoms with Gasteiger partial charge in [0.05, 0.1) is 0 Å². The van der Waals surface area contributed by atoms with Crippen LogP contribution in [0.2, 0.25) is 0 Å². The lowest BCUT2D eigenvalue weighted by Gasteiger charge is -2.19. The van der Waals surface area contributed by atoms with E-state index in [9.17, 15) is 4.79 Å². The first-order valence-electron chi connectivity index (χ1n) is 4.93. The number of likely N-dealkylation sites (tertiary alicyclic amines) is 1. The lowest BCUT2D eigenvalue weighted by Crippen LogP contribution is -2.38. The van der Waals surface area contributed by atoms with E-state index in [0.717, 1.165) is 32.4 Å². The quantitative estimate of drug-likeness (QED) is 0.610. The molecule has 0 radical (unpaired) electrons.